The molecule has 1 aromatic heterocycles. The van der Waals surface area contributed by atoms with Gasteiger partial charge in [-0.2, -0.15) is 0 Å². The number of ether oxygens (including phenoxy) is 1. The largest absolute Gasteiger partial charge is 0.379 e. The Kier molecular flexibility index (Phi) is 5.81. The van der Waals surface area contributed by atoms with Gasteiger partial charge in [-0.25, -0.2) is 4.98 Å². The van der Waals surface area contributed by atoms with Crippen molar-refractivity contribution in [2.75, 3.05) is 31.6 Å². The van der Waals surface area contributed by atoms with Crippen molar-refractivity contribution in [2.24, 2.45) is 0 Å². The minimum absolute atomic E-state index is 0.102. The molecular weight excluding hydrogens is 370 g/mol. The molecule has 1 N–H and O–H groups in total. The molecule has 0 unspecified atom stereocenters. The van der Waals surface area contributed by atoms with Gasteiger partial charge in [0.2, 0.25) is 0 Å². The lowest BCUT2D eigenvalue weighted by atomic mass is 10.1. The average Bonchev–Trinajstić information content (AvgIpc) is 3.16. The number of benzene rings is 2. The quantitative estimate of drug-likeness (QED) is 0.706. The maximum Gasteiger partial charge on any atom is 0.255 e. The Bertz CT molecular complexity index is 929. The topological polar surface area (TPSA) is 54.5 Å². The molecule has 28 heavy (non-hydrogen) atoms. The first-order valence-electron chi connectivity index (χ1n) is 9.40. The molecule has 1 amide bonds. The van der Waals surface area contributed by atoms with Gasteiger partial charge < -0.3 is 10.1 Å². The van der Waals surface area contributed by atoms with E-state index < -0.39 is 0 Å². The van der Waals surface area contributed by atoms with Crippen molar-refractivity contribution in [2.45, 2.75) is 13.5 Å². The van der Waals surface area contributed by atoms with Gasteiger partial charge in [-0.05, 0) is 36.8 Å². The molecule has 0 aliphatic carbocycles. The van der Waals surface area contributed by atoms with Crippen LogP contribution < -0.4 is 5.32 Å². The number of nitrogens with zero attached hydrogens (tertiary/aromatic N) is 2. The summed E-state index contributed by atoms with van der Waals surface area (Å²) in [5.74, 6) is -0.102. The number of thiazole rings is 1. The predicted octanol–water partition coefficient (Wildman–Crippen LogP) is 4.20. The summed E-state index contributed by atoms with van der Waals surface area (Å²) in [7, 11) is 0. The monoisotopic (exact) mass is 393 g/mol. The number of rotatable bonds is 5. The van der Waals surface area contributed by atoms with Gasteiger partial charge in [-0.1, -0.05) is 24.3 Å². The van der Waals surface area contributed by atoms with Crippen molar-refractivity contribution in [3.63, 3.8) is 0 Å². The van der Waals surface area contributed by atoms with E-state index in [4.69, 9.17) is 4.74 Å². The Morgan fingerprint density at radius 3 is 2.46 bits per heavy atom. The minimum atomic E-state index is -0.102. The van der Waals surface area contributed by atoms with E-state index in [2.05, 4.69) is 15.2 Å². The molecule has 144 valence electrons. The van der Waals surface area contributed by atoms with Gasteiger partial charge in [0, 0.05) is 41.8 Å². The molecule has 4 rings (SSSR count). The number of nitrogens with one attached hydrogen (secondary N) is 1. The number of aryl methyl sites for hydroxylation is 1. The smallest absolute Gasteiger partial charge is 0.255 e. The first kappa shape index (κ1) is 18.8. The molecule has 6 heteroatoms. The van der Waals surface area contributed by atoms with E-state index in [1.165, 1.54) is 5.56 Å². The number of carbonyl (C=O) groups excluding carboxylic acids is 1. The summed E-state index contributed by atoms with van der Waals surface area (Å²) in [6.07, 6.45) is 0. The van der Waals surface area contributed by atoms with Crippen molar-refractivity contribution in [3.05, 3.63) is 70.0 Å². The highest BCUT2D eigenvalue weighted by atomic mass is 32.1. The summed E-state index contributed by atoms with van der Waals surface area (Å²) in [5, 5.41) is 6.05. The molecule has 0 bridgehead atoms. The van der Waals surface area contributed by atoms with Crippen LogP contribution in [0.4, 0.5) is 5.69 Å². The van der Waals surface area contributed by atoms with E-state index in [1.807, 2.05) is 60.8 Å². The highest BCUT2D eigenvalue weighted by Gasteiger charge is 2.12. The van der Waals surface area contributed by atoms with Crippen LogP contribution in [0.2, 0.25) is 0 Å². The summed E-state index contributed by atoms with van der Waals surface area (Å²) in [5.41, 5.74) is 4.66. The summed E-state index contributed by atoms with van der Waals surface area (Å²) in [6, 6.07) is 15.6. The van der Waals surface area contributed by atoms with E-state index in [0.717, 1.165) is 54.8 Å². The van der Waals surface area contributed by atoms with Gasteiger partial charge in [-0.3, -0.25) is 9.69 Å². The van der Waals surface area contributed by atoms with Gasteiger partial charge in [-0.15, -0.1) is 11.3 Å². The number of hydrogen-bond acceptors (Lipinski definition) is 5. The van der Waals surface area contributed by atoms with Gasteiger partial charge in [0.15, 0.2) is 0 Å². The number of anilines is 1. The third kappa shape index (κ3) is 4.65. The van der Waals surface area contributed by atoms with E-state index in [-0.39, 0.29) is 5.91 Å². The average molecular weight is 394 g/mol. The van der Waals surface area contributed by atoms with Crippen LogP contribution in [0.5, 0.6) is 0 Å². The number of hydrogen-bond donors (Lipinski definition) is 1. The second-order valence-corrected chi connectivity index (χ2v) is 7.93. The molecular formula is C22H23N3O2S. The molecule has 1 aliphatic heterocycles. The lowest BCUT2D eigenvalue weighted by molar-refractivity contribution is 0.0342. The molecule has 0 saturated carbocycles. The van der Waals surface area contributed by atoms with Crippen LogP contribution in [0.3, 0.4) is 0 Å². The van der Waals surface area contributed by atoms with Crippen LogP contribution in [0, 0.1) is 6.92 Å². The molecule has 3 aromatic rings. The number of carbonyl (C=O) groups is 1. The van der Waals surface area contributed by atoms with Crippen molar-refractivity contribution in [1.29, 1.82) is 0 Å². The summed E-state index contributed by atoms with van der Waals surface area (Å²) in [6.45, 7) is 6.39. The Balaban J connectivity index is 1.36. The molecule has 2 aromatic carbocycles. The minimum Gasteiger partial charge on any atom is -0.379 e. The van der Waals surface area contributed by atoms with Gasteiger partial charge in [0.05, 0.1) is 23.9 Å². The lowest BCUT2D eigenvalue weighted by Crippen LogP contribution is -2.35. The zero-order valence-corrected chi connectivity index (χ0v) is 16.7. The van der Waals surface area contributed by atoms with Crippen molar-refractivity contribution >= 4 is 22.9 Å². The van der Waals surface area contributed by atoms with Crippen LogP contribution in [0.1, 0.15) is 20.9 Å². The molecule has 1 fully saturated rings. The van der Waals surface area contributed by atoms with Crippen LogP contribution in [-0.2, 0) is 11.3 Å². The maximum absolute atomic E-state index is 12.5. The van der Waals surface area contributed by atoms with Crippen molar-refractivity contribution < 1.29 is 9.53 Å². The fourth-order valence-electron chi connectivity index (χ4n) is 3.20. The Morgan fingerprint density at radius 1 is 1.11 bits per heavy atom. The van der Waals surface area contributed by atoms with E-state index in [1.54, 1.807) is 11.3 Å². The molecule has 1 saturated heterocycles. The Morgan fingerprint density at radius 2 is 1.82 bits per heavy atom. The molecule has 0 spiro atoms. The van der Waals surface area contributed by atoms with Gasteiger partial charge in [0.25, 0.3) is 5.91 Å². The highest BCUT2D eigenvalue weighted by molar-refractivity contribution is 7.09. The second-order valence-electron chi connectivity index (χ2n) is 6.87. The lowest BCUT2D eigenvalue weighted by Gasteiger charge is -2.26. The number of morpholine rings is 1. The second kappa shape index (κ2) is 8.65. The molecule has 1 aliphatic rings. The van der Waals surface area contributed by atoms with Crippen LogP contribution >= 0.6 is 11.3 Å². The first-order chi connectivity index (χ1) is 13.7. The maximum atomic E-state index is 12.5. The standard InChI is InChI=1S/C22H23N3O2S/c1-16-23-21(15-28-16)18-6-8-20(9-7-18)24-22(26)19-4-2-17(3-5-19)14-25-10-12-27-13-11-25/h2-9,15H,10-14H2,1H3,(H,24,26). The third-order valence-corrected chi connectivity index (χ3v) is 5.56. The van der Waals surface area contributed by atoms with Gasteiger partial charge >= 0.3 is 0 Å². The molecule has 5 nitrogen and oxygen atoms in total. The first-order valence-corrected chi connectivity index (χ1v) is 10.3. The fourth-order valence-corrected chi connectivity index (χ4v) is 3.82. The number of amides is 1. The van der Waals surface area contributed by atoms with E-state index in [0.29, 0.717) is 5.56 Å². The fraction of sp³-hybridized carbons (Fsp3) is 0.273. The highest BCUT2D eigenvalue weighted by Crippen LogP contribution is 2.23. The van der Waals surface area contributed by atoms with Gasteiger partial charge in [0.1, 0.15) is 0 Å². The van der Waals surface area contributed by atoms with Crippen LogP contribution in [-0.4, -0.2) is 42.1 Å². The molecule has 0 radical (unpaired) electrons. The summed E-state index contributed by atoms with van der Waals surface area (Å²) in [4.78, 5) is 19.4. The third-order valence-electron chi connectivity index (χ3n) is 4.78. The van der Waals surface area contributed by atoms with Crippen molar-refractivity contribution in [1.82, 2.24) is 9.88 Å². The number of aromatic nitrogens is 1. The van der Waals surface area contributed by atoms with Crippen LogP contribution in [0.15, 0.2) is 53.9 Å². The predicted molar refractivity (Wildman–Crippen MR) is 113 cm³/mol. The zero-order chi connectivity index (χ0) is 19.3. The van der Waals surface area contributed by atoms with Crippen molar-refractivity contribution in [3.8, 4) is 11.3 Å². The zero-order valence-electron chi connectivity index (χ0n) is 15.9. The SMILES string of the molecule is Cc1nc(-c2ccc(NC(=O)c3ccc(CN4CCOCC4)cc3)cc2)cs1. The molecule has 0 atom stereocenters. The van der Waals surface area contributed by atoms with E-state index in [9.17, 15) is 4.79 Å². The van der Waals surface area contributed by atoms with Crippen LogP contribution in [0.25, 0.3) is 11.3 Å². The molecule has 2 heterocycles. The van der Waals surface area contributed by atoms with E-state index >= 15 is 0 Å². The Hall–Kier alpha value is -2.54. The Labute approximate surface area is 169 Å². The summed E-state index contributed by atoms with van der Waals surface area (Å²) >= 11 is 1.63. The normalized spacial score (nSPS) is 14.8. The summed E-state index contributed by atoms with van der Waals surface area (Å²) < 4.78 is 5.38.